The number of thiazole rings is 1. The van der Waals surface area contributed by atoms with Gasteiger partial charge in [-0.2, -0.15) is 0 Å². The van der Waals surface area contributed by atoms with Gasteiger partial charge < -0.3 is 4.42 Å². The molecule has 6 nitrogen and oxygen atoms in total. The Morgan fingerprint density at radius 2 is 1.94 bits per heavy atom. The van der Waals surface area contributed by atoms with Gasteiger partial charge in [-0.15, -0.1) is 0 Å². The summed E-state index contributed by atoms with van der Waals surface area (Å²) in [5.74, 6) is -0.369. The normalized spacial score (nSPS) is 15.7. The van der Waals surface area contributed by atoms with Gasteiger partial charge in [0.25, 0.3) is 5.91 Å². The second-order valence-electron chi connectivity index (χ2n) is 7.14. The number of anilines is 1. The first-order valence-electron chi connectivity index (χ1n) is 9.47. The Morgan fingerprint density at radius 1 is 1.06 bits per heavy atom. The maximum Gasteiger partial charge on any atom is 0.297 e. The molecule has 8 heteroatoms. The summed E-state index contributed by atoms with van der Waals surface area (Å²) in [7, 11) is 0. The Balaban J connectivity index is 1.64. The quantitative estimate of drug-likeness (QED) is 0.373. The fourth-order valence-electron chi connectivity index (χ4n) is 3.96. The lowest BCUT2D eigenvalue weighted by atomic mass is 10.0. The van der Waals surface area contributed by atoms with Gasteiger partial charge in [0.1, 0.15) is 5.58 Å². The molecule has 31 heavy (non-hydrogen) atoms. The summed E-state index contributed by atoms with van der Waals surface area (Å²) in [6, 6.07) is 15.2. The zero-order valence-electron chi connectivity index (χ0n) is 15.8. The zero-order valence-corrected chi connectivity index (χ0v) is 17.4. The second-order valence-corrected chi connectivity index (χ2v) is 8.59. The van der Waals surface area contributed by atoms with E-state index < -0.39 is 11.9 Å². The molecule has 0 saturated carbocycles. The van der Waals surface area contributed by atoms with Gasteiger partial charge in [-0.3, -0.25) is 19.5 Å². The number of carbonyl (C=O) groups is 1. The van der Waals surface area contributed by atoms with Crippen LogP contribution >= 0.6 is 22.9 Å². The molecule has 0 bridgehead atoms. The molecule has 1 aliphatic rings. The third kappa shape index (κ3) is 2.71. The molecule has 1 unspecified atom stereocenters. The second kappa shape index (κ2) is 6.73. The van der Waals surface area contributed by atoms with Crippen LogP contribution in [0.2, 0.25) is 5.02 Å². The molecule has 3 aromatic heterocycles. The minimum atomic E-state index is -0.687. The Kier molecular flexibility index (Phi) is 3.96. The van der Waals surface area contributed by atoms with E-state index in [1.807, 2.05) is 18.2 Å². The van der Waals surface area contributed by atoms with Gasteiger partial charge in [0.05, 0.1) is 27.2 Å². The Labute approximate surface area is 184 Å². The highest BCUT2D eigenvalue weighted by Gasteiger charge is 2.45. The van der Waals surface area contributed by atoms with E-state index in [1.54, 1.807) is 48.8 Å². The monoisotopic (exact) mass is 445 g/mol. The van der Waals surface area contributed by atoms with Crippen molar-refractivity contribution < 1.29 is 9.21 Å². The van der Waals surface area contributed by atoms with Crippen molar-refractivity contribution in [3.8, 4) is 0 Å². The van der Waals surface area contributed by atoms with Crippen LogP contribution in [0.3, 0.4) is 0 Å². The van der Waals surface area contributed by atoms with Crippen molar-refractivity contribution in [3.05, 3.63) is 99.1 Å². The third-order valence-electron chi connectivity index (χ3n) is 5.32. The fraction of sp³-hybridized carbons (Fsp3) is 0.0435. The smallest absolute Gasteiger partial charge is 0.297 e. The van der Waals surface area contributed by atoms with Crippen LogP contribution in [-0.2, 0) is 0 Å². The maximum atomic E-state index is 13.5. The number of hydrogen-bond donors (Lipinski definition) is 0. The largest absolute Gasteiger partial charge is 0.450 e. The molecule has 1 aliphatic heterocycles. The van der Waals surface area contributed by atoms with Crippen LogP contribution in [-0.4, -0.2) is 15.9 Å². The number of halogens is 1. The molecular formula is C23H12ClN3O3S. The van der Waals surface area contributed by atoms with Gasteiger partial charge >= 0.3 is 0 Å². The zero-order chi connectivity index (χ0) is 21.1. The topological polar surface area (TPSA) is 76.3 Å². The van der Waals surface area contributed by atoms with Crippen LogP contribution < -0.4 is 10.3 Å². The Morgan fingerprint density at radius 3 is 2.77 bits per heavy atom. The van der Waals surface area contributed by atoms with E-state index in [1.165, 1.54) is 16.2 Å². The molecule has 0 N–H and O–H groups in total. The predicted octanol–water partition coefficient (Wildman–Crippen LogP) is 5.20. The summed E-state index contributed by atoms with van der Waals surface area (Å²) < 4.78 is 6.79. The molecule has 0 aliphatic carbocycles. The lowest BCUT2D eigenvalue weighted by Crippen LogP contribution is -2.29. The van der Waals surface area contributed by atoms with E-state index >= 15 is 0 Å². The first-order valence-corrected chi connectivity index (χ1v) is 10.7. The van der Waals surface area contributed by atoms with Crippen molar-refractivity contribution >= 4 is 55.2 Å². The highest BCUT2D eigenvalue weighted by Crippen LogP contribution is 2.43. The Bertz CT molecular complexity index is 1560. The number of benzene rings is 2. The molecule has 5 aromatic rings. The molecule has 2 aromatic carbocycles. The van der Waals surface area contributed by atoms with E-state index in [-0.39, 0.29) is 11.2 Å². The molecule has 0 fully saturated rings. The molecule has 6 rings (SSSR count). The summed E-state index contributed by atoms with van der Waals surface area (Å²) in [6.07, 6.45) is 3.30. The SMILES string of the molecule is O=C1c2oc3ccccc3c(=O)c2C(c2cccnc2)N1c1nc2ccc(Cl)cc2s1. The van der Waals surface area contributed by atoms with Gasteiger partial charge in [0.2, 0.25) is 5.76 Å². The average Bonchev–Trinajstić information content (AvgIpc) is 3.33. The van der Waals surface area contributed by atoms with E-state index in [9.17, 15) is 9.59 Å². The lowest BCUT2D eigenvalue weighted by molar-refractivity contribution is 0.0971. The molecule has 150 valence electrons. The standard InChI is InChI=1S/C23H12ClN3O3S/c24-13-7-8-15-17(10-13)31-23(26-15)27-19(12-4-3-9-25-11-12)18-20(28)14-5-1-2-6-16(14)30-21(18)22(27)29/h1-11,19H. The van der Waals surface area contributed by atoms with E-state index in [4.69, 9.17) is 16.0 Å². The maximum absolute atomic E-state index is 13.5. The number of rotatable bonds is 2. The van der Waals surface area contributed by atoms with Gasteiger partial charge in [-0.1, -0.05) is 41.1 Å². The molecule has 4 heterocycles. The number of para-hydroxylation sites is 1. The molecule has 1 atom stereocenters. The van der Waals surface area contributed by atoms with Gasteiger partial charge in [0.15, 0.2) is 10.6 Å². The highest BCUT2D eigenvalue weighted by atomic mass is 35.5. The van der Waals surface area contributed by atoms with Crippen molar-refractivity contribution in [1.29, 1.82) is 0 Å². The summed E-state index contributed by atoms with van der Waals surface area (Å²) >= 11 is 7.47. The third-order valence-corrected chi connectivity index (χ3v) is 6.58. The van der Waals surface area contributed by atoms with E-state index in [0.29, 0.717) is 32.3 Å². The van der Waals surface area contributed by atoms with Crippen LogP contribution in [0, 0.1) is 0 Å². The molecule has 1 amide bonds. The summed E-state index contributed by atoms with van der Waals surface area (Å²) in [5, 5.41) is 1.48. The molecule has 0 saturated heterocycles. The highest BCUT2D eigenvalue weighted by molar-refractivity contribution is 7.22. The average molecular weight is 446 g/mol. The van der Waals surface area contributed by atoms with Crippen molar-refractivity contribution in [3.63, 3.8) is 0 Å². The predicted molar refractivity (Wildman–Crippen MR) is 120 cm³/mol. The molecule has 0 spiro atoms. The van der Waals surface area contributed by atoms with Crippen LogP contribution in [0.4, 0.5) is 5.13 Å². The summed E-state index contributed by atoms with van der Waals surface area (Å²) in [5.41, 5.74) is 1.87. The van der Waals surface area contributed by atoms with Crippen LogP contribution in [0.1, 0.15) is 27.7 Å². The van der Waals surface area contributed by atoms with Crippen molar-refractivity contribution in [2.75, 3.05) is 4.90 Å². The van der Waals surface area contributed by atoms with Crippen molar-refractivity contribution in [2.24, 2.45) is 0 Å². The number of carbonyl (C=O) groups excluding carboxylic acids is 1. The number of nitrogens with zero attached hydrogens (tertiary/aromatic N) is 3. The number of pyridine rings is 1. The van der Waals surface area contributed by atoms with E-state index in [2.05, 4.69) is 9.97 Å². The van der Waals surface area contributed by atoms with Crippen LogP contribution in [0.5, 0.6) is 0 Å². The minimum Gasteiger partial charge on any atom is -0.450 e. The van der Waals surface area contributed by atoms with E-state index in [0.717, 1.165) is 10.2 Å². The molecule has 0 radical (unpaired) electrons. The summed E-state index contributed by atoms with van der Waals surface area (Å²) in [6.45, 7) is 0. The van der Waals surface area contributed by atoms with Crippen molar-refractivity contribution in [2.45, 2.75) is 6.04 Å². The van der Waals surface area contributed by atoms with Gasteiger partial charge in [-0.05, 0) is 42.0 Å². The van der Waals surface area contributed by atoms with Gasteiger partial charge in [-0.25, -0.2) is 4.98 Å². The first kappa shape index (κ1) is 18.2. The summed E-state index contributed by atoms with van der Waals surface area (Å²) in [4.78, 5) is 37.3. The lowest BCUT2D eigenvalue weighted by Gasteiger charge is -2.22. The minimum absolute atomic E-state index is 0.0369. The van der Waals surface area contributed by atoms with Crippen molar-refractivity contribution in [1.82, 2.24) is 9.97 Å². The first-order chi connectivity index (χ1) is 15.1. The Hall–Kier alpha value is -3.55. The molecular weight excluding hydrogens is 434 g/mol. The number of amides is 1. The fourth-order valence-corrected chi connectivity index (χ4v) is 5.23. The van der Waals surface area contributed by atoms with Gasteiger partial charge in [0, 0.05) is 17.4 Å². The number of hydrogen-bond acceptors (Lipinski definition) is 6. The van der Waals surface area contributed by atoms with Crippen LogP contribution in [0.25, 0.3) is 21.2 Å². The number of aromatic nitrogens is 2. The van der Waals surface area contributed by atoms with Crippen LogP contribution in [0.15, 0.2) is 76.2 Å². The number of fused-ring (bicyclic) bond motifs is 3.